The number of halogens is 2. The molecule has 0 bridgehead atoms. The largest absolute Gasteiger partial charge is 0.332 e. The Labute approximate surface area is 195 Å². The molecule has 0 saturated heterocycles. The number of amides is 2. The van der Waals surface area contributed by atoms with Crippen molar-refractivity contribution in [3.05, 3.63) is 81.1 Å². The summed E-state index contributed by atoms with van der Waals surface area (Å²) in [7, 11) is 0. The van der Waals surface area contributed by atoms with E-state index in [9.17, 15) is 14.4 Å². The van der Waals surface area contributed by atoms with Crippen molar-refractivity contribution in [2.24, 2.45) is 0 Å². The van der Waals surface area contributed by atoms with E-state index in [2.05, 4.69) is 10.4 Å². The van der Waals surface area contributed by atoms with Crippen LogP contribution in [0.4, 0.5) is 5.69 Å². The molecule has 0 spiro atoms. The molecule has 9 heteroatoms. The summed E-state index contributed by atoms with van der Waals surface area (Å²) < 4.78 is 1.11. The van der Waals surface area contributed by atoms with Gasteiger partial charge in [0.1, 0.15) is 6.54 Å². The number of aromatic nitrogens is 2. The van der Waals surface area contributed by atoms with Crippen molar-refractivity contribution in [1.29, 1.82) is 0 Å². The van der Waals surface area contributed by atoms with Gasteiger partial charge in [0.25, 0.3) is 5.56 Å². The fourth-order valence-electron chi connectivity index (χ4n) is 3.07. The summed E-state index contributed by atoms with van der Waals surface area (Å²) in [5.74, 6) is -0.793. The summed E-state index contributed by atoms with van der Waals surface area (Å²) >= 11 is 12.0. The molecule has 7 nitrogen and oxygen atoms in total. The minimum absolute atomic E-state index is 0.182. The van der Waals surface area contributed by atoms with Crippen LogP contribution in [0.1, 0.15) is 13.3 Å². The maximum absolute atomic E-state index is 12.9. The van der Waals surface area contributed by atoms with Gasteiger partial charge in [-0.3, -0.25) is 14.4 Å². The molecule has 0 aliphatic heterocycles. The van der Waals surface area contributed by atoms with E-state index in [1.54, 1.807) is 18.2 Å². The number of nitrogens with zero attached hydrogens (tertiary/aromatic N) is 3. The summed E-state index contributed by atoms with van der Waals surface area (Å²) in [6.07, 6.45) is 0.646. The van der Waals surface area contributed by atoms with Crippen LogP contribution < -0.4 is 10.9 Å². The van der Waals surface area contributed by atoms with Gasteiger partial charge in [-0.05, 0) is 30.7 Å². The summed E-state index contributed by atoms with van der Waals surface area (Å²) in [5.41, 5.74) is 1.42. The lowest BCUT2D eigenvalue weighted by atomic mass is 10.1. The lowest BCUT2D eigenvalue weighted by molar-refractivity contribution is -0.135. The van der Waals surface area contributed by atoms with Gasteiger partial charge in [-0.15, -0.1) is 0 Å². The highest BCUT2D eigenvalue weighted by Gasteiger charge is 2.19. The first-order valence-corrected chi connectivity index (χ1v) is 10.8. The molecule has 2 amide bonds. The molecule has 2 aromatic carbocycles. The van der Waals surface area contributed by atoms with Crippen LogP contribution in [0.25, 0.3) is 11.3 Å². The molecule has 1 aromatic heterocycles. The lowest BCUT2D eigenvalue weighted by Crippen LogP contribution is -2.42. The quantitative estimate of drug-likeness (QED) is 0.534. The Morgan fingerprint density at radius 2 is 1.81 bits per heavy atom. The molecular formula is C23H22Cl2N4O3. The molecule has 166 valence electrons. The van der Waals surface area contributed by atoms with Crippen molar-refractivity contribution < 1.29 is 9.59 Å². The summed E-state index contributed by atoms with van der Waals surface area (Å²) in [6, 6.07) is 17.1. The number of hydrogen-bond acceptors (Lipinski definition) is 4. The van der Waals surface area contributed by atoms with Crippen LogP contribution in [0.3, 0.4) is 0 Å². The molecule has 0 aliphatic rings. The molecule has 0 fully saturated rings. The van der Waals surface area contributed by atoms with E-state index < -0.39 is 11.5 Å². The van der Waals surface area contributed by atoms with Crippen LogP contribution in [0.15, 0.2) is 65.5 Å². The van der Waals surface area contributed by atoms with Gasteiger partial charge in [0.2, 0.25) is 11.8 Å². The number of benzene rings is 2. The highest BCUT2D eigenvalue weighted by molar-refractivity contribution is 6.36. The lowest BCUT2D eigenvalue weighted by Gasteiger charge is -2.22. The van der Waals surface area contributed by atoms with E-state index in [0.29, 0.717) is 34.4 Å². The minimum Gasteiger partial charge on any atom is -0.332 e. The Morgan fingerprint density at radius 3 is 2.50 bits per heavy atom. The summed E-state index contributed by atoms with van der Waals surface area (Å²) in [6.45, 7) is 1.80. The molecule has 0 radical (unpaired) electrons. The highest BCUT2D eigenvalue weighted by Crippen LogP contribution is 2.25. The Kier molecular flexibility index (Phi) is 8.03. The minimum atomic E-state index is -0.408. The molecule has 3 aromatic rings. The van der Waals surface area contributed by atoms with E-state index in [4.69, 9.17) is 23.2 Å². The standard InChI is InChI=1S/C23H22Cl2N4O3/c1-2-12-28(14-21(30)26-20-9-8-17(24)13-18(20)25)23(32)15-29-22(31)11-10-19(27-29)16-6-4-3-5-7-16/h3-11,13H,2,12,14-15H2,1H3,(H,26,30). The second kappa shape index (κ2) is 10.9. The number of carbonyl (C=O) groups is 2. The predicted octanol–water partition coefficient (Wildman–Crippen LogP) is 4.09. The van der Waals surface area contributed by atoms with Gasteiger partial charge < -0.3 is 10.2 Å². The Hall–Kier alpha value is -3.16. The predicted molar refractivity (Wildman–Crippen MR) is 126 cm³/mol. The first-order chi connectivity index (χ1) is 15.4. The highest BCUT2D eigenvalue weighted by atomic mass is 35.5. The van der Waals surface area contributed by atoms with Crippen LogP contribution in [-0.2, 0) is 16.1 Å². The number of rotatable bonds is 8. The molecule has 0 unspecified atom stereocenters. The zero-order valence-corrected chi connectivity index (χ0v) is 18.9. The van der Waals surface area contributed by atoms with Gasteiger partial charge in [0.15, 0.2) is 0 Å². The van der Waals surface area contributed by atoms with E-state index >= 15 is 0 Å². The summed E-state index contributed by atoms with van der Waals surface area (Å²) in [4.78, 5) is 39.1. The average Bonchev–Trinajstić information content (AvgIpc) is 2.77. The third-order valence-corrected chi connectivity index (χ3v) is 5.15. The molecular weight excluding hydrogens is 451 g/mol. The second-order valence-electron chi connectivity index (χ2n) is 7.07. The van der Waals surface area contributed by atoms with Gasteiger partial charge in [0.05, 0.1) is 22.9 Å². The SMILES string of the molecule is CCCN(CC(=O)Nc1ccc(Cl)cc1Cl)C(=O)Cn1nc(-c2ccccc2)ccc1=O. The second-order valence-corrected chi connectivity index (χ2v) is 7.91. The number of anilines is 1. The van der Waals surface area contributed by atoms with Crippen molar-refractivity contribution in [1.82, 2.24) is 14.7 Å². The normalized spacial score (nSPS) is 10.6. The number of hydrogen-bond donors (Lipinski definition) is 1. The molecule has 3 rings (SSSR count). The van der Waals surface area contributed by atoms with Gasteiger partial charge in [0, 0.05) is 23.2 Å². The Morgan fingerprint density at radius 1 is 1.06 bits per heavy atom. The monoisotopic (exact) mass is 472 g/mol. The molecule has 0 saturated carbocycles. The van der Waals surface area contributed by atoms with Gasteiger partial charge in [-0.25, -0.2) is 4.68 Å². The first kappa shape index (κ1) is 23.5. The van der Waals surface area contributed by atoms with E-state index in [1.165, 1.54) is 17.0 Å². The fourth-order valence-corrected chi connectivity index (χ4v) is 3.52. The van der Waals surface area contributed by atoms with Gasteiger partial charge in [-0.2, -0.15) is 5.10 Å². The van der Waals surface area contributed by atoms with Crippen molar-refractivity contribution in [3.63, 3.8) is 0 Å². The average molecular weight is 473 g/mol. The topological polar surface area (TPSA) is 84.3 Å². The van der Waals surface area contributed by atoms with Crippen molar-refractivity contribution >= 4 is 40.7 Å². The molecule has 0 aliphatic carbocycles. The third kappa shape index (κ3) is 6.18. The van der Waals surface area contributed by atoms with Crippen molar-refractivity contribution in [2.45, 2.75) is 19.9 Å². The third-order valence-electron chi connectivity index (χ3n) is 4.61. The van der Waals surface area contributed by atoms with E-state index in [-0.39, 0.29) is 19.0 Å². The molecule has 1 heterocycles. The smallest absolute Gasteiger partial charge is 0.267 e. The van der Waals surface area contributed by atoms with E-state index in [0.717, 1.165) is 10.2 Å². The zero-order chi connectivity index (χ0) is 23.1. The Bertz CT molecular complexity index is 1170. The maximum Gasteiger partial charge on any atom is 0.267 e. The van der Waals surface area contributed by atoms with Gasteiger partial charge in [-0.1, -0.05) is 60.5 Å². The van der Waals surface area contributed by atoms with Gasteiger partial charge >= 0.3 is 0 Å². The van der Waals surface area contributed by atoms with E-state index in [1.807, 2.05) is 37.3 Å². The fraction of sp³-hybridized carbons (Fsp3) is 0.217. The first-order valence-electron chi connectivity index (χ1n) is 10.0. The summed E-state index contributed by atoms with van der Waals surface area (Å²) in [5, 5.41) is 7.75. The van der Waals surface area contributed by atoms with Crippen molar-refractivity contribution in [3.8, 4) is 11.3 Å². The Balaban J connectivity index is 1.72. The molecule has 0 atom stereocenters. The van der Waals surface area contributed by atoms with Crippen molar-refractivity contribution in [2.75, 3.05) is 18.4 Å². The molecule has 32 heavy (non-hydrogen) atoms. The van der Waals surface area contributed by atoms with Crippen LogP contribution in [-0.4, -0.2) is 39.6 Å². The van der Waals surface area contributed by atoms with Crippen LogP contribution in [0, 0.1) is 0 Å². The number of nitrogens with one attached hydrogen (secondary N) is 1. The molecule has 1 N–H and O–H groups in total. The maximum atomic E-state index is 12.9. The van der Waals surface area contributed by atoms with Crippen LogP contribution in [0.5, 0.6) is 0 Å². The zero-order valence-electron chi connectivity index (χ0n) is 17.4. The number of carbonyl (C=O) groups excluding carboxylic acids is 2. The van der Waals surface area contributed by atoms with Crippen LogP contribution in [0.2, 0.25) is 10.0 Å². The van der Waals surface area contributed by atoms with Crippen LogP contribution >= 0.6 is 23.2 Å².